The summed E-state index contributed by atoms with van der Waals surface area (Å²) in [6.45, 7) is 2.25. The fraction of sp³-hybridized carbons (Fsp3) is 0.500. The average molecular weight is 211 g/mol. The molecule has 1 aliphatic rings. The first-order valence-corrected chi connectivity index (χ1v) is 5.52. The van der Waals surface area contributed by atoms with E-state index in [9.17, 15) is 4.79 Å². The summed E-state index contributed by atoms with van der Waals surface area (Å²) in [7, 11) is 1.43. The third kappa shape index (κ3) is 1.96. The van der Waals surface area contributed by atoms with Gasteiger partial charge < -0.3 is 4.74 Å². The van der Waals surface area contributed by atoms with Crippen molar-refractivity contribution in [1.29, 1.82) is 0 Å². The van der Waals surface area contributed by atoms with E-state index in [0.29, 0.717) is 6.54 Å². The van der Waals surface area contributed by atoms with E-state index in [0.717, 1.165) is 19.5 Å². The Kier molecular flexibility index (Phi) is 2.84. The van der Waals surface area contributed by atoms with Crippen molar-refractivity contribution < 1.29 is 9.53 Å². The number of thiophene rings is 1. The predicted molar refractivity (Wildman–Crippen MR) is 55.3 cm³/mol. The molecule has 76 valence electrons. The summed E-state index contributed by atoms with van der Waals surface area (Å²) in [5, 5.41) is 2.12. The molecular formula is C10H13NO2S. The van der Waals surface area contributed by atoms with Gasteiger partial charge in [0.05, 0.1) is 13.7 Å². The highest BCUT2D eigenvalue weighted by atomic mass is 32.1. The number of rotatable bonds is 2. The van der Waals surface area contributed by atoms with Gasteiger partial charge in [-0.2, -0.15) is 0 Å². The highest BCUT2D eigenvalue weighted by molar-refractivity contribution is 7.10. The Morgan fingerprint density at radius 1 is 1.71 bits per heavy atom. The molecule has 0 amide bonds. The number of carbonyl (C=O) groups excluding carboxylic acids is 1. The summed E-state index contributed by atoms with van der Waals surface area (Å²) in [4.78, 5) is 14.7. The minimum absolute atomic E-state index is 0.149. The number of ether oxygens (including phenoxy) is 1. The number of nitrogens with zero attached hydrogens (tertiary/aromatic N) is 1. The van der Waals surface area contributed by atoms with Crippen molar-refractivity contribution in [3.05, 3.63) is 21.9 Å². The van der Waals surface area contributed by atoms with E-state index in [-0.39, 0.29) is 5.97 Å². The van der Waals surface area contributed by atoms with E-state index in [1.807, 2.05) is 11.3 Å². The average Bonchev–Trinajstić information content (AvgIpc) is 2.64. The van der Waals surface area contributed by atoms with Gasteiger partial charge in [0.25, 0.3) is 0 Å². The number of methoxy groups -OCH3 is 1. The highest BCUT2D eigenvalue weighted by Gasteiger charge is 2.18. The molecule has 14 heavy (non-hydrogen) atoms. The molecule has 0 N–H and O–H groups in total. The zero-order valence-electron chi connectivity index (χ0n) is 8.16. The van der Waals surface area contributed by atoms with Crippen molar-refractivity contribution >= 4 is 17.3 Å². The Labute approximate surface area is 87.3 Å². The van der Waals surface area contributed by atoms with Crippen molar-refractivity contribution in [2.75, 3.05) is 20.2 Å². The molecule has 4 heteroatoms. The van der Waals surface area contributed by atoms with Crippen LogP contribution in [0.4, 0.5) is 0 Å². The molecule has 1 aromatic heterocycles. The third-order valence-corrected chi connectivity index (χ3v) is 3.49. The van der Waals surface area contributed by atoms with Gasteiger partial charge in [0.1, 0.15) is 0 Å². The fourth-order valence-corrected chi connectivity index (χ4v) is 2.58. The molecule has 2 rings (SSSR count). The summed E-state index contributed by atoms with van der Waals surface area (Å²) < 4.78 is 4.64. The van der Waals surface area contributed by atoms with Crippen LogP contribution >= 0.6 is 11.3 Å². The second kappa shape index (κ2) is 4.11. The van der Waals surface area contributed by atoms with E-state index < -0.39 is 0 Å². The molecule has 0 fully saturated rings. The van der Waals surface area contributed by atoms with Crippen LogP contribution in [-0.2, 0) is 22.5 Å². The van der Waals surface area contributed by atoms with Crippen LogP contribution in [0.3, 0.4) is 0 Å². The summed E-state index contributed by atoms with van der Waals surface area (Å²) in [5.74, 6) is -0.149. The van der Waals surface area contributed by atoms with Crippen LogP contribution in [0.15, 0.2) is 11.4 Å². The predicted octanol–water partition coefficient (Wildman–Crippen LogP) is 1.28. The maximum atomic E-state index is 11.1. The zero-order valence-corrected chi connectivity index (χ0v) is 8.97. The topological polar surface area (TPSA) is 29.5 Å². The smallest absolute Gasteiger partial charge is 0.319 e. The number of esters is 1. The molecule has 0 unspecified atom stereocenters. The van der Waals surface area contributed by atoms with Crippen LogP contribution in [-0.4, -0.2) is 31.1 Å². The largest absolute Gasteiger partial charge is 0.468 e. The van der Waals surface area contributed by atoms with Crippen LogP contribution in [0.5, 0.6) is 0 Å². The molecule has 0 bridgehead atoms. The first-order valence-electron chi connectivity index (χ1n) is 4.64. The van der Waals surface area contributed by atoms with Gasteiger partial charge in [-0.15, -0.1) is 11.3 Å². The lowest BCUT2D eigenvalue weighted by Crippen LogP contribution is -2.34. The standard InChI is InChI=1S/C10H13NO2S/c1-13-10(12)7-11-4-2-9-8(6-11)3-5-14-9/h3,5H,2,4,6-7H2,1H3. The minimum atomic E-state index is -0.149. The lowest BCUT2D eigenvalue weighted by molar-refractivity contribution is -0.142. The van der Waals surface area contributed by atoms with E-state index in [1.54, 1.807) is 0 Å². The third-order valence-electron chi connectivity index (χ3n) is 2.47. The fourth-order valence-electron chi connectivity index (χ4n) is 1.69. The summed E-state index contributed by atoms with van der Waals surface area (Å²) in [6, 6.07) is 2.14. The molecule has 1 aromatic rings. The Morgan fingerprint density at radius 2 is 2.57 bits per heavy atom. The Bertz CT molecular complexity index is 335. The van der Waals surface area contributed by atoms with Gasteiger partial charge in [-0.25, -0.2) is 0 Å². The number of hydrogen-bond donors (Lipinski definition) is 0. The van der Waals surface area contributed by atoms with Gasteiger partial charge in [-0.1, -0.05) is 0 Å². The van der Waals surface area contributed by atoms with E-state index >= 15 is 0 Å². The van der Waals surface area contributed by atoms with Crippen LogP contribution in [0, 0.1) is 0 Å². The van der Waals surface area contributed by atoms with Gasteiger partial charge >= 0.3 is 5.97 Å². The minimum Gasteiger partial charge on any atom is -0.468 e. The molecule has 0 aliphatic carbocycles. The monoisotopic (exact) mass is 211 g/mol. The van der Waals surface area contributed by atoms with Crippen molar-refractivity contribution in [2.45, 2.75) is 13.0 Å². The highest BCUT2D eigenvalue weighted by Crippen LogP contribution is 2.23. The second-order valence-corrected chi connectivity index (χ2v) is 4.41. The number of carbonyl (C=O) groups is 1. The number of hydrogen-bond acceptors (Lipinski definition) is 4. The molecule has 3 nitrogen and oxygen atoms in total. The molecule has 0 saturated carbocycles. The lowest BCUT2D eigenvalue weighted by atomic mass is 10.1. The van der Waals surface area contributed by atoms with Crippen LogP contribution in [0.2, 0.25) is 0 Å². The van der Waals surface area contributed by atoms with Gasteiger partial charge in [0, 0.05) is 18.0 Å². The van der Waals surface area contributed by atoms with E-state index in [4.69, 9.17) is 0 Å². The van der Waals surface area contributed by atoms with E-state index in [2.05, 4.69) is 21.1 Å². The van der Waals surface area contributed by atoms with E-state index in [1.165, 1.54) is 17.6 Å². The molecule has 0 atom stereocenters. The first-order chi connectivity index (χ1) is 6.79. The normalized spacial score (nSPS) is 16.4. The molecule has 0 radical (unpaired) electrons. The van der Waals surface area contributed by atoms with Crippen molar-refractivity contribution in [3.63, 3.8) is 0 Å². The van der Waals surface area contributed by atoms with Crippen LogP contribution in [0.25, 0.3) is 0 Å². The van der Waals surface area contributed by atoms with Crippen molar-refractivity contribution in [2.24, 2.45) is 0 Å². The molecule has 0 saturated heterocycles. The Morgan fingerprint density at radius 3 is 3.36 bits per heavy atom. The maximum Gasteiger partial charge on any atom is 0.319 e. The summed E-state index contributed by atoms with van der Waals surface area (Å²) in [5.41, 5.74) is 1.37. The van der Waals surface area contributed by atoms with Crippen molar-refractivity contribution in [3.8, 4) is 0 Å². The lowest BCUT2D eigenvalue weighted by Gasteiger charge is -2.25. The zero-order chi connectivity index (χ0) is 9.97. The van der Waals surface area contributed by atoms with Gasteiger partial charge in [-0.05, 0) is 23.4 Å². The van der Waals surface area contributed by atoms with Crippen LogP contribution < -0.4 is 0 Å². The molecule has 0 spiro atoms. The maximum absolute atomic E-state index is 11.1. The molecule has 0 aromatic carbocycles. The second-order valence-electron chi connectivity index (χ2n) is 3.41. The first kappa shape index (κ1) is 9.68. The van der Waals surface area contributed by atoms with Crippen LogP contribution in [0.1, 0.15) is 10.4 Å². The molecule has 2 heterocycles. The van der Waals surface area contributed by atoms with Gasteiger partial charge in [0.2, 0.25) is 0 Å². The van der Waals surface area contributed by atoms with Gasteiger partial charge in [0.15, 0.2) is 0 Å². The summed E-state index contributed by atoms with van der Waals surface area (Å²) in [6.07, 6.45) is 1.06. The number of fused-ring (bicyclic) bond motifs is 1. The molecule has 1 aliphatic heterocycles. The molecular weight excluding hydrogens is 198 g/mol. The Hall–Kier alpha value is -0.870. The SMILES string of the molecule is COC(=O)CN1CCc2sccc2C1. The van der Waals surface area contributed by atoms with Crippen molar-refractivity contribution in [1.82, 2.24) is 4.90 Å². The quantitative estimate of drug-likeness (QED) is 0.690. The Balaban J connectivity index is 1.97. The van der Waals surface area contributed by atoms with Gasteiger partial charge in [-0.3, -0.25) is 9.69 Å². The summed E-state index contributed by atoms with van der Waals surface area (Å²) >= 11 is 1.81.